The van der Waals surface area contributed by atoms with Crippen LogP contribution in [0.15, 0.2) is 28.0 Å². The standard InChI is InChI=1S/C18H27BrN6OS/c1-5-7-10-25-17(14(6-2)24(3)4)22-23-18(25)27-12-16(26)21-15-9-8-13(19)11-20-15/h8-9,11,14H,5-7,10,12H2,1-4H3,(H,20,21,26). The van der Waals surface area contributed by atoms with Crippen molar-refractivity contribution in [3.63, 3.8) is 0 Å². The zero-order valence-corrected chi connectivity index (χ0v) is 18.7. The van der Waals surface area contributed by atoms with Gasteiger partial charge in [0.1, 0.15) is 5.82 Å². The second-order valence-corrected chi connectivity index (χ2v) is 8.29. The number of pyridine rings is 1. The Bertz CT molecular complexity index is 734. The Morgan fingerprint density at radius 3 is 2.70 bits per heavy atom. The second kappa shape index (κ2) is 10.8. The highest BCUT2D eigenvalue weighted by atomic mass is 79.9. The Hall–Kier alpha value is -1.45. The zero-order valence-electron chi connectivity index (χ0n) is 16.3. The van der Waals surface area contributed by atoms with Crippen LogP contribution in [-0.2, 0) is 11.3 Å². The Balaban J connectivity index is 2.06. The molecule has 0 spiro atoms. The van der Waals surface area contributed by atoms with Gasteiger partial charge in [0, 0.05) is 17.2 Å². The fourth-order valence-electron chi connectivity index (χ4n) is 2.72. The van der Waals surface area contributed by atoms with Gasteiger partial charge in [-0.15, -0.1) is 10.2 Å². The molecule has 2 aromatic heterocycles. The van der Waals surface area contributed by atoms with Crippen LogP contribution in [0.25, 0.3) is 0 Å². The van der Waals surface area contributed by atoms with Crippen LogP contribution in [0.4, 0.5) is 5.82 Å². The summed E-state index contributed by atoms with van der Waals surface area (Å²) >= 11 is 4.74. The molecular formula is C18H27BrN6OS. The maximum atomic E-state index is 12.3. The van der Waals surface area contributed by atoms with E-state index in [0.29, 0.717) is 5.82 Å². The molecule has 0 aliphatic carbocycles. The number of amides is 1. The van der Waals surface area contributed by atoms with Gasteiger partial charge < -0.3 is 9.88 Å². The molecule has 0 aromatic carbocycles. The highest BCUT2D eigenvalue weighted by Crippen LogP contribution is 2.25. The van der Waals surface area contributed by atoms with Crippen LogP contribution in [0.1, 0.15) is 45.0 Å². The van der Waals surface area contributed by atoms with E-state index in [0.717, 1.165) is 41.3 Å². The molecule has 9 heteroatoms. The predicted octanol–water partition coefficient (Wildman–Crippen LogP) is 3.98. The Morgan fingerprint density at radius 1 is 1.33 bits per heavy atom. The van der Waals surface area contributed by atoms with Gasteiger partial charge in [-0.05, 0) is 55.0 Å². The minimum absolute atomic E-state index is 0.110. The van der Waals surface area contributed by atoms with Crippen molar-refractivity contribution >= 4 is 39.4 Å². The lowest BCUT2D eigenvalue weighted by Gasteiger charge is -2.23. The van der Waals surface area contributed by atoms with Gasteiger partial charge in [0.25, 0.3) is 0 Å². The molecule has 7 nitrogen and oxygen atoms in total. The smallest absolute Gasteiger partial charge is 0.236 e. The summed E-state index contributed by atoms with van der Waals surface area (Å²) in [6, 6.07) is 3.82. The summed E-state index contributed by atoms with van der Waals surface area (Å²) in [5.74, 6) is 1.66. The molecule has 1 unspecified atom stereocenters. The molecule has 0 saturated carbocycles. The number of anilines is 1. The van der Waals surface area contributed by atoms with E-state index in [-0.39, 0.29) is 17.7 Å². The lowest BCUT2D eigenvalue weighted by Crippen LogP contribution is -2.23. The third-order valence-corrected chi connectivity index (χ3v) is 5.55. The number of nitrogens with one attached hydrogen (secondary N) is 1. The van der Waals surface area contributed by atoms with E-state index in [2.05, 4.69) is 73.8 Å². The molecule has 0 aliphatic rings. The topological polar surface area (TPSA) is 75.9 Å². The van der Waals surface area contributed by atoms with Crippen molar-refractivity contribution in [1.29, 1.82) is 0 Å². The normalized spacial score (nSPS) is 12.4. The maximum absolute atomic E-state index is 12.3. The average molecular weight is 455 g/mol. The van der Waals surface area contributed by atoms with E-state index in [1.807, 2.05) is 6.07 Å². The van der Waals surface area contributed by atoms with Gasteiger partial charge in [-0.3, -0.25) is 9.69 Å². The Labute approximate surface area is 173 Å². The maximum Gasteiger partial charge on any atom is 0.236 e. The van der Waals surface area contributed by atoms with E-state index in [1.54, 1.807) is 12.3 Å². The summed E-state index contributed by atoms with van der Waals surface area (Å²) in [4.78, 5) is 18.6. The Kier molecular flexibility index (Phi) is 8.72. The number of rotatable bonds is 10. The van der Waals surface area contributed by atoms with E-state index in [9.17, 15) is 4.79 Å². The van der Waals surface area contributed by atoms with Gasteiger partial charge in [0.15, 0.2) is 11.0 Å². The number of aromatic nitrogens is 4. The van der Waals surface area contributed by atoms with Crippen LogP contribution in [0.3, 0.4) is 0 Å². The molecule has 2 aromatic rings. The molecule has 1 amide bonds. The van der Waals surface area contributed by atoms with Crippen molar-refractivity contribution in [2.24, 2.45) is 0 Å². The highest BCUT2D eigenvalue weighted by Gasteiger charge is 2.22. The Morgan fingerprint density at radius 2 is 2.11 bits per heavy atom. The lowest BCUT2D eigenvalue weighted by atomic mass is 10.2. The lowest BCUT2D eigenvalue weighted by molar-refractivity contribution is -0.113. The fourth-order valence-corrected chi connectivity index (χ4v) is 3.72. The number of nitrogens with zero attached hydrogens (tertiary/aromatic N) is 5. The first-order valence-electron chi connectivity index (χ1n) is 9.10. The van der Waals surface area contributed by atoms with Crippen molar-refractivity contribution in [3.8, 4) is 0 Å². The largest absolute Gasteiger partial charge is 0.310 e. The molecular weight excluding hydrogens is 428 g/mol. The molecule has 0 aliphatic heterocycles. The summed E-state index contributed by atoms with van der Waals surface area (Å²) in [5, 5.41) is 12.4. The summed E-state index contributed by atoms with van der Waals surface area (Å²) in [7, 11) is 4.11. The average Bonchev–Trinajstić information content (AvgIpc) is 3.03. The summed E-state index contributed by atoms with van der Waals surface area (Å²) in [6.07, 6.45) is 4.76. The quantitative estimate of drug-likeness (QED) is 0.547. The first kappa shape index (κ1) is 21.8. The minimum Gasteiger partial charge on any atom is -0.310 e. The zero-order chi connectivity index (χ0) is 19.8. The molecule has 0 radical (unpaired) electrons. The van der Waals surface area contributed by atoms with Crippen molar-refractivity contribution in [1.82, 2.24) is 24.6 Å². The van der Waals surface area contributed by atoms with Gasteiger partial charge in [-0.25, -0.2) is 4.98 Å². The summed E-state index contributed by atoms with van der Waals surface area (Å²) in [6.45, 7) is 5.18. The second-order valence-electron chi connectivity index (χ2n) is 6.43. The van der Waals surface area contributed by atoms with Crippen LogP contribution in [0, 0.1) is 0 Å². The van der Waals surface area contributed by atoms with Gasteiger partial charge in [-0.1, -0.05) is 32.0 Å². The van der Waals surface area contributed by atoms with Crippen LogP contribution < -0.4 is 5.32 Å². The van der Waals surface area contributed by atoms with Gasteiger partial charge in [0.05, 0.1) is 11.8 Å². The van der Waals surface area contributed by atoms with Crippen molar-refractivity contribution in [2.45, 2.75) is 50.9 Å². The third-order valence-electron chi connectivity index (χ3n) is 4.12. The number of unbranched alkanes of at least 4 members (excludes halogenated alkanes) is 1. The molecule has 1 N–H and O–H groups in total. The summed E-state index contributed by atoms with van der Waals surface area (Å²) in [5.41, 5.74) is 0. The number of thioether (sulfide) groups is 1. The van der Waals surface area contributed by atoms with Crippen LogP contribution in [0.2, 0.25) is 0 Å². The van der Waals surface area contributed by atoms with E-state index in [4.69, 9.17) is 0 Å². The molecule has 0 saturated heterocycles. The van der Waals surface area contributed by atoms with Crippen molar-refractivity contribution < 1.29 is 4.79 Å². The number of carbonyl (C=O) groups excluding carboxylic acids is 1. The van der Waals surface area contributed by atoms with Crippen molar-refractivity contribution in [3.05, 3.63) is 28.6 Å². The predicted molar refractivity (Wildman–Crippen MR) is 113 cm³/mol. The first-order valence-corrected chi connectivity index (χ1v) is 10.9. The van der Waals surface area contributed by atoms with Gasteiger partial charge in [-0.2, -0.15) is 0 Å². The fraction of sp³-hybridized carbons (Fsp3) is 0.556. The molecule has 148 valence electrons. The summed E-state index contributed by atoms with van der Waals surface area (Å²) < 4.78 is 3.03. The minimum atomic E-state index is -0.110. The number of hydrogen-bond donors (Lipinski definition) is 1. The number of hydrogen-bond acceptors (Lipinski definition) is 6. The van der Waals surface area contributed by atoms with Crippen LogP contribution in [-0.4, -0.2) is 50.4 Å². The molecule has 1 atom stereocenters. The monoisotopic (exact) mass is 454 g/mol. The van der Waals surface area contributed by atoms with Crippen LogP contribution >= 0.6 is 27.7 Å². The number of carbonyl (C=O) groups is 1. The molecule has 2 rings (SSSR count). The molecule has 2 heterocycles. The molecule has 0 bridgehead atoms. The van der Waals surface area contributed by atoms with E-state index < -0.39 is 0 Å². The third kappa shape index (κ3) is 6.29. The van der Waals surface area contributed by atoms with Gasteiger partial charge >= 0.3 is 0 Å². The van der Waals surface area contributed by atoms with Crippen molar-refractivity contribution in [2.75, 3.05) is 25.2 Å². The molecule has 27 heavy (non-hydrogen) atoms. The van der Waals surface area contributed by atoms with Gasteiger partial charge in [0.2, 0.25) is 5.91 Å². The SMILES string of the molecule is CCCCn1c(SCC(=O)Nc2ccc(Br)cn2)nnc1C(CC)N(C)C. The first-order chi connectivity index (χ1) is 13.0. The molecule has 0 fully saturated rings. The van der Waals surface area contributed by atoms with Crippen LogP contribution in [0.5, 0.6) is 0 Å². The van der Waals surface area contributed by atoms with E-state index in [1.165, 1.54) is 11.8 Å². The highest BCUT2D eigenvalue weighted by molar-refractivity contribution is 9.10. The number of halogens is 1. The van der Waals surface area contributed by atoms with E-state index >= 15 is 0 Å².